The zero-order chi connectivity index (χ0) is 16.4. The maximum absolute atomic E-state index is 5.40. The predicted octanol–water partition coefficient (Wildman–Crippen LogP) is 2.84. The molecule has 0 atom stereocenters. The fraction of sp³-hybridized carbons (Fsp3) is 0.368. The van der Waals surface area contributed by atoms with Gasteiger partial charge in [-0.3, -0.25) is 4.99 Å². The van der Waals surface area contributed by atoms with Crippen LogP contribution in [0.3, 0.4) is 0 Å². The molecule has 3 rings (SSSR count). The molecule has 2 heterocycles. The molecule has 2 aromatic rings. The number of methoxy groups -OCH3 is 1. The van der Waals surface area contributed by atoms with Crippen LogP contribution in [-0.2, 0) is 6.54 Å². The minimum atomic E-state index is 0.868. The molecular weight excluding hydrogens is 286 g/mol. The number of ether oxygens (including phenoxy) is 1. The Hall–Kier alpha value is -2.36. The summed E-state index contributed by atoms with van der Waals surface area (Å²) in [6, 6.07) is 6.23. The Kier molecular flexibility index (Phi) is 4.33. The highest BCUT2D eigenvalue weighted by atomic mass is 16.5. The van der Waals surface area contributed by atoms with E-state index in [0.717, 1.165) is 47.3 Å². The molecule has 0 bridgehead atoms. The van der Waals surface area contributed by atoms with Gasteiger partial charge in [0.15, 0.2) is 0 Å². The Morgan fingerprint density at radius 1 is 1.30 bits per heavy atom. The zero-order valence-electron chi connectivity index (χ0n) is 14.3. The number of nitrogens with zero attached hydrogens (tertiary/aromatic N) is 3. The third kappa shape index (κ3) is 2.58. The Morgan fingerprint density at radius 2 is 2.13 bits per heavy atom. The highest BCUT2D eigenvalue weighted by Gasteiger charge is 2.15. The molecule has 0 N–H and O–H groups in total. The first-order valence-electron chi connectivity index (χ1n) is 8.17. The van der Waals surface area contributed by atoms with E-state index in [4.69, 9.17) is 9.73 Å². The summed E-state index contributed by atoms with van der Waals surface area (Å²) in [5, 5.41) is 2.31. The van der Waals surface area contributed by atoms with Crippen molar-refractivity contribution in [2.24, 2.45) is 9.98 Å². The summed E-state index contributed by atoms with van der Waals surface area (Å²) in [6.45, 7) is 5.27. The Bertz CT molecular complexity index is 916. The topological polar surface area (TPSA) is 38.9 Å². The lowest BCUT2D eigenvalue weighted by atomic mass is 10.1. The highest BCUT2D eigenvalue weighted by Crippen LogP contribution is 2.19. The number of fused-ring (bicyclic) bond motifs is 3. The third-order valence-electron chi connectivity index (χ3n) is 4.14. The summed E-state index contributed by atoms with van der Waals surface area (Å²) in [5.74, 6) is 0.868. The van der Waals surface area contributed by atoms with Crippen molar-refractivity contribution in [1.29, 1.82) is 0 Å². The SMILES string of the molecule is CC/C=C1/N=c2c(c3cc(OC)ccc3n2CCC)=CC1=NC. The highest BCUT2D eigenvalue weighted by molar-refractivity contribution is 6.21. The molecule has 0 spiro atoms. The number of allylic oxidation sites excluding steroid dienone is 2. The van der Waals surface area contributed by atoms with Gasteiger partial charge in [-0.25, -0.2) is 4.99 Å². The molecule has 0 saturated carbocycles. The summed E-state index contributed by atoms with van der Waals surface area (Å²) in [4.78, 5) is 9.33. The van der Waals surface area contributed by atoms with Crippen LogP contribution in [0.5, 0.6) is 5.75 Å². The first kappa shape index (κ1) is 15.5. The molecule has 0 saturated heterocycles. The molecule has 1 aromatic heterocycles. The van der Waals surface area contributed by atoms with Crippen molar-refractivity contribution >= 4 is 22.7 Å². The Morgan fingerprint density at radius 3 is 2.78 bits per heavy atom. The van der Waals surface area contributed by atoms with Gasteiger partial charge in [0, 0.05) is 24.2 Å². The Labute approximate surface area is 136 Å². The van der Waals surface area contributed by atoms with Crippen molar-refractivity contribution < 1.29 is 4.74 Å². The molecule has 0 radical (unpaired) electrons. The normalized spacial score (nSPS) is 17.2. The van der Waals surface area contributed by atoms with Crippen molar-refractivity contribution in [2.45, 2.75) is 33.2 Å². The molecule has 4 heteroatoms. The largest absolute Gasteiger partial charge is 0.497 e. The van der Waals surface area contributed by atoms with Crippen LogP contribution in [0.15, 0.2) is 40.0 Å². The molecule has 23 heavy (non-hydrogen) atoms. The van der Waals surface area contributed by atoms with Crippen LogP contribution in [0.1, 0.15) is 26.7 Å². The minimum Gasteiger partial charge on any atom is -0.497 e. The van der Waals surface area contributed by atoms with E-state index in [0.29, 0.717) is 0 Å². The van der Waals surface area contributed by atoms with E-state index in [9.17, 15) is 0 Å². The van der Waals surface area contributed by atoms with Crippen LogP contribution in [0.4, 0.5) is 0 Å². The van der Waals surface area contributed by atoms with Crippen molar-refractivity contribution in [3.8, 4) is 5.75 Å². The number of hydrogen-bond donors (Lipinski definition) is 0. The van der Waals surface area contributed by atoms with Crippen molar-refractivity contribution in [3.05, 3.63) is 40.7 Å². The number of rotatable bonds is 4. The second kappa shape index (κ2) is 6.41. The zero-order valence-corrected chi connectivity index (χ0v) is 14.3. The van der Waals surface area contributed by atoms with Crippen LogP contribution in [0.25, 0.3) is 17.0 Å². The quantitative estimate of drug-likeness (QED) is 0.856. The van der Waals surface area contributed by atoms with E-state index in [-0.39, 0.29) is 0 Å². The van der Waals surface area contributed by atoms with Crippen molar-refractivity contribution in [2.75, 3.05) is 14.2 Å². The number of aliphatic imine (C=N–C) groups is 1. The van der Waals surface area contributed by atoms with Gasteiger partial charge in [-0.1, -0.05) is 19.9 Å². The predicted molar refractivity (Wildman–Crippen MR) is 95.8 cm³/mol. The average Bonchev–Trinajstić information content (AvgIpc) is 2.87. The molecule has 1 aliphatic heterocycles. The molecule has 1 aliphatic rings. The lowest BCUT2D eigenvalue weighted by Crippen LogP contribution is -2.34. The molecule has 0 unspecified atom stereocenters. The lowest BCUT2D eigenvalue weighted by Gasteiger charge is -2.08. The van der Waals surface area contributed by atoms with Crippen LogP contribution in [0.2, 0.25) is 0 Å². The van der Waals surface area contributed by atoms with Gasteiger partial charge in [-0.2, -0.15) is 0 Å². The van der Waals surface area contributed by atoms with Crippen LogP contribution in [0, 0.1) is 0 Å². The van der Waals surface area contributed by atoms with Gasteiger partial charge >= 0.3 is 0 Å². The van der Waals surface area contributed by atoms with E-state index in [1.165, 1.54) is 10.9 Å². The van der Waals surface area contributed by atoms with E-state index < -0.39 is 0 Å². The molecule has 4 nitrogen and oxygen atoms in total. The molecule has 0 fully saturated rings. The van der Waals surface area contributed by atoms with Gasteiger partial charge in [-0.15, -0.1) is 0 Å². The van der Waals surface area contributed by atoms with Crippen molar-refractivity contribution in [3.63, 3.8) is 0 Å². The number of aromatic nitrogens is 1. The number of aryl methyl sites for hydroxylation is 1. The van der Waals surface area contributed by atoms with Crippen molar-refractivity contribution in [1.82, 2.24) is 4.57 Å². The Balaban J connectivity index is 2.43. The summed E-state index contributed by atoms with van der Waals surface area (Å²) >= 11 is 0. The first-order chi connectivity index (χ1) is 11.2. The van der Waals surface area contributed by atoms with Crippen LogP contribution in [-0.4, -0.2) is 24.4 Å². The molecule has 0 aliphatic carbocycles. The smallest absolute Gasteiger partial charge is 0.141 e. The van der Waals surface area contributed by atoms with Gasteiger partial charge < -0.3 is 9.30 Å². The fourth-order valence-corrected chi connectivity index (χ4v) is 3.09. The van der Waals surface area contributed by atoms with Gasteiger partial charge in [0.25, 0.3) is 0 Å². The minimum absolute atomic E-state index is 0.868. The summed E-state index contributed by atoms with van der Waals surface area (Å²) < 4.78 is 7.70. The number of hydrogen-bond acceptors (Lipinski definition) is 3. The van der Waals surface area contributed by atoms with E-state index in [1.54, 1.807) is 7.11 Å². The van der Waals surface area contributed by atoms with Crippen LogP contribution < -0.4 is 15.4 Å². The summed E-state index contributed by atoms with van der Waals surface area (Å²) in [6.07, 6.45) is 6.30. The van der Waals surface area contributed by atoms with E-state index >= 15 is 0 Å². The standard InChI is InChI=1S/C19H23N3O/c1-5-7-16-17(20-3)12-15-14-11-13(23-4)8-9-18(14)22(10-6-2)19(15)21-16/h7-9,11-12H,5-6,10H2,1-4H3/b16-7+,20-17?. The van der Waals surface area contributed by atoms with Gasteiger partial charge in [-0.05, 0) is 37.1 Å². The maximum atomic E-state index is 5.40. The molecule has 1 aromatic carbocycles. The molecule has 0 amide bonds. The summed E-state index contributed by atoms with van der Waals surface area (Å²) in [5.41, 5.74) is 4.14. The van der Waals surface area contributed by atoms with Gasteiger partial charge in [0.05, 0.1) is 24.0 Å². The maximum Gasteiger partial charge on any atom is 0.141 e. The number of benzene rings is 1. The van der Waals surface area contributed by atoms with E-state index in [1.807, 2.05) is 13.1 Å². The summed E-state index contributed by atoms with van der Waals surface area (Å²) in [7, 11) is 3.52. The first-order valence-corrected chi connectivity index (χ1v) is 8.17. The molecular formula is C19H23N3O. The lowest BCUT2D eigenvalue weighted by molar-refractivity contribution is 0.415. The van der Waals surface area contributed by atoms with Gasteiger partial charge in [0.2, 0.25) is 0 Å². The van der Waals surface area contributed by atoms with Gasteiger partial charge in [0.1, 0.15) is 11.2 Å². The second-order valence-corrected chi connectivity index (χ2v) is 5.63. The van der Waals surface area contributed by atoms with E-state index in [2.05, 4.69) is 47.7 Å². The fourth-order valence-electron chi connectivity index (χ4n) is 3.09. The second-order valence-electron chi connectivity index (χ2n) is 5.63. The molecule has 120 valence electrons. The van der Waals surface area contributed by atoms with Crippen LogP contribution >= 0.6 is 0 Å². The third-order valence-corrected chi connectivity index (χ3v) is 4.14. The monoisotopic (exact) mass is 309 g/mol. The average molecular weight is 309 g/mol.